The van der Waals surface area contributed by atoms with Crippen LogP contribution in [-0.2, 0) is 46.1 Å². The molecule has 3 N–H and O–H groups in total. The Morgan fingerprint density at radius 2 is 1.56 bits per heavy atom. The van der Waals surface area contributed by atoms with Crippen LogP contribution in [0, 0.1) is 23.7 Å². The van der Waals surface area contributed by atoms with Crippen molar-refractivity contribution in [3.8, 4) is 22.3 Å². The Morgan fingerprint density at radius 3 is 2.16 bits per heavy atom. The number of carbonyl (C=O) groups excluding carboxylic acids is 5. The summed E-state index contributed by atoms with van der Waals surface area (Å²) in [5, 5.41) is 25.3. The highest BCUT2D eigenvalue weighted by atomic mass is 32.1. The maximum absolute atomic E-state index is 13.9. The van der Waals surface area contributed by atoms with Crippen molar-refractivity contribution in [3.05, 3.63) is 94.6 Å². The van der Waals surface area contributed by atoms with E-state index in [0.717, 1.165) is 33.8 Å². The van der Waals surface area contributed by atoms with E-state index in [4.69, 9.17) is 24.2 Å². The number of likely N-dealkylation sites (tertiary alicyclic amines) is 1. The number of aryl methyl sites for hydroxylation is 1. The summed E-state index contributed by atoms with van der Waals surface area (Å²) in [5.41, 5.74) is 0.534. The highest BCUT2D eigenvalue weighted by Gasteiger charge is 2.53. The van der Waals surface area contributed by atoms with E-state index < -0.39 is 76.1 Å². The lowest BCUT2D eigenvalue weighted by Gasteiger charge is -2.35. The molecule has 0 aliphatic carbocycles. The van der Waals surface area contributed by atoms with Gasteiger partial charge < -0.3 is 39.6 Å². The standard InChI is InChI=1S/C49H56F3N7O10S/c1-30-41(70-29-55-30)32-9-7-31(8-10-32)26-54-43(62)39-24-36(60)27-57(39)44(63)42(47(2,3)4)56-40(61)28-68-20-19-66-17-18-67-21-22-69-37-15-13-34(14-16-37)59-46(65)58(45(64)48(59,5)6)35-12-11-33(25-53)38(23-35)49(50,51)52/h7-16,23,29,36,39,42,60H,17-22,24,26-28H2,1-6H3,(H,54,62)(H,56,61)/t36-,39+,42?/m1/s1. The fourth-order valence-electron chi connectivity index (χ4n) is 7.96. The van der Waals surface area contributed by atoms with Crippen LogP contribution in [0.1, 0.15) is 63.4 Å². The molecule has 21 heteroatoms. The van der Waals surface area contributed by atoms with Crippen molar-refractivity contribution in [2.24, 2.45) is 5.41 Å². The molecule has 374 valence electrons. The molecule has 70 heavy (non-hydrogen) atoms. The van der Waals surface area contributed by atoms with Crippen LogP contribution in [0.25, 0.3) is 10.4 Å². The second kappa shape index (κ2) is 22.5. The fraction of sp³-hybridized carbons (Fsp3) is 0.449. The van der Waals surface area contributed by atoms with Gasteiger partial charge in [-0.25, -0.2) is 14.7 Å². The van der Waals surface area contributed by atoms with Gasteiger partial charge in [0, 0.05) is 25.2 Å². The molecule has 2 aliphatic rings. The number of amides is 6. The third-order valence-corrected chi connectivity index (χ3v) is 12.6. The average molecular weight is 992 g/mol. The number of halogens is 3. The zero-order chi connectivity index (χ0) is 51.0. The van der Waals surface area contributed by atoms with Crippen molar-refractivity contribution < 1.29 is 61.2 Å². The summed E-state index contributed by atoms with van der Waals surface area (Å²) in [7, 11) is 0. The van der Waals surface area contributed by atoms with Crippen molar-refractivity contribution in [2.45, 2.75) is 84.4 Å². The van der Waals surface area contributed by atoms with E-state index in [1.807, 2.05) is 31.2 Å². The fourth-order valence-corrected chi connectivity index (χ4v) is 8.77. The first-order chi connectivity index (χ1) is 33.1. The molecule has 3 heterocycles. The first-order valence-corrected chi connectivity index (χ1v) is 23.3. The molecule has 1 unspecified atom stereocenters. The van der Waals surface area contributed by atoms with Crippen molar-refractivity contribution in [1.82, 2.24) is 20.5 Å². The van der Waals surface area contributed by atoms with Gasteiger partial charge in [0.05, 0.1) is 78.1 Å². The predicted octanol–water partition coefficient (Wildman–Crippen LogP) is 6.00. The number of aliphatic hydroxyl groups is 1. The highest BCUT2D eigenvalue weighted by molar-refractivity contribution is 7.13. The molecule has 2 saturated heterocycles. The zero-order valence-corrected chi connectivity index (χ0v) is 40.4. The number of imide groups is 1. The van der Waals surface area contributed by atoms with Gasteiger partial charge in [-0.1, -0.05) is 45.0 Å². The average Bonchev–Trinajstić information content (AvgIpc) is 3.98. The van der Waals surface area contributed by atoms with Crippen LogP contribution in [0.15, 0.2) is 72.2 Å². The third kappa shape index (κ3) is 12.7. The van der Waals surface area contributed by atoms with Gasteiger partial charge in [-0.2, -0.15) is 18.4 Å². The zero-order valence-electron chi connectivity index (χ0n) is 39.6. The van der Waals surface area contributed by atoms with Crippen LogP contribution in [0.3, 0.4) is 0 Å². The molecule has 1 aromatic heterocycles. The van der Waals surface area contributed by atoms with E-state index in [0.29, 0.717) is 22.4 Å². The van der Waals surface area contributed by atoms with Gasteiger partial charge in [0.1, 0.15) is 36.6 Å². The molecule has 3 aromatic carbocycles. The first kappa shape index (κ1) is 52.9. The van der Waals surface area contributed by atoms with Crippen molar-refractivity contribution >= 4 is 52.4 Å². The Morgan fingerprint density at radius 1 is 0.929 bits per heavy atom. The summed E-state index contributed by atoms with van der Waals surface area (Å²) < 4.78 is 63.2. The van der Waals surface area contributed by atoms with E-state index in [1.54, 1.807) is 61.9 Å². The number of aliphatic hydroxyl groups excluding tert-OH is 1. The second-order valence-electron chi connectivity index (χ2n) is 18.2. The highest BCUT2D eigenvalue weighted by Crippen LogP contribution is 2.40. The summed E-state index contributed by atoms with van der Waals surface area (Å²) in [4.78, 5) is 75.7. The molecule has 17 nitrogen and oxygen atoms in total. The number of hydrogen-bond acceptors (Lipinski definition) is 13. The molecule has 0 saturated carbocycles. The van der Waals surface area contributed by atoms with Gasteiger partial charge in [0.2, 0.25) is 17.7 Å². The SMILES string of the molecule is Cc1ncsc1-c1ccc(CNC(=O)[C@@H]2C[C@@H](O)CN2C(=O)C(NC(=O)COCCOCCOCCOc2ccc(N3C(=O)N(c4ccc(C#N)c(C(F)(F)F)c4)C(=O)C3(C)C)cc2)C(C)(C)C)cc1. The van der Waals surface area contributed by atoms with Crippen LogP contribution < -0.4 is 25.2 Å². The van der Waals surface area contributed by atoms with E-state index in [9.17, 15) is 42.3 Å². The van der Waals surface area contributed by atoms with Crippen molar-refractivity contribution in [1.29, 1.82) is 5.26 Å². The van der Waals surface area contributed by atoms with E-state index >= 15 is 0 Å². The molecule has 3 atom stereocenters. The van der Waals surface area contributed by atoms with Gasteiger partial charge in [0.15, 0.2) is 0 Å². The Bertz CT molecular complexity index is 2560. The Kier molecular flexibility index (Phi) is 17.0. The van der Waals surface area contributed by atoms with Gasteiger partial charge >= 0.3 is 12.2 Å². The van der Waals surface area contributed by atoms with Gasteiger partial charge in [-0.3, -0.25) is 24.1 Å². The number of thiazole rings is 1. The third-order valence-electron chi connectivity index (χ3n) is 11.6. The Labute approximate surface area is 407 Å². The molecule has 2 fully saturated rings. The minimum absolute atomic E-state index is 0.0534. The maximum atomic E-state index is 13.9. The first-order valence-electron chi connectivity index (χ1n) is 22.4. The van der Waals surface area contributed by atoms with Crippen molar-refractivity contribution in [2.75, 3.05) is 62.6 Å². The van der Waals surface area contributed by atoms with Gasteiger partial charge in [-0.05, 0) is 79.8 Å². The predicted molar refractivity (Wildman–Crippen MR) is 252 cm³/mol. The number of benzene rings is 3. The minimum Gasteiger partial charge on any atom is -0.491 e. The normalized spacial score (nSPS) is 17.4. The smallest absolute Gasteiger partial charge is 0.417 e. The molecule has 2 aliphatic heterocycles. The van der Waals surface area contributed by atoms with Gasteiger partial charge in [-0.15, -0.1) is 11.3 Å². The number of ether oxygens (including phenoxy) is 4. The molecular weight excluding hydrogens is 936 g/mol. The van der Waals surface area contributed by atoms with Gasteiger partial charge in [0.25, 0.3) is 5.91 Å². The quantitative estimate of drug-likeness (QED) is 0.0688. The minimum atomic E-state index is -4.88. The number of nitrogens with one attached hydrogen (secondary N) is 2. The van der Waals surface area contributed by atoms with Crippen LogP contribution in [0.4, 0.5) is 29.3 Å². The van der Waals surface area contributed by atoms with Crippen molar-refractivity contribution in [3.63, 3.8) is 0 Å². The maximum Gasteiger partial charge on any atom is 0.417 e. The second-order valence-corrected chi connectivity index (χ2v) is 19.1. The van der Waals surface area contributed by atoms with Crippen LogP contribution in [-0.4, -0.2) is 121 Å². The molecule has 0 spiro atoms. The number of β-amino-alcohol motifs (C(OH)–C–C–N with tert-alkyl or cyclic N) is 1. The van der Waals surface area contributed by atoms with E-state index in [1.165, 1.54) is 29.7 Å². The summed E-state index contributed by atoms with van der Waals surface area (Å²) in [6.07, 6.45) is -5.72. The number of alkyl halides is 3. The lowest BCUT2D eigenvalue weighted by Crippen LogP contribution is -2.58. The monoisotopic (exact) mass is 991 g/mol. The number of nitriles is 1. The Balaban J connectivity index is 0.867. The lowest BCUT2D eigenvalue weighted by molar-refractivity contribution is -0.144. The Hall–Kier alpha value is -6.44. The molecular formula is C49H56F3N7O10S. The topological polar surface area (TPSA) is 213 Å². The van der Waals surface area contributed by atoms with Crippen LogP contribution in [0.2, 0.25) is 0 Å². The summed E-state index contributed by atoms with van der Waals surface area (Å²) in [6.45, 7) is 11.1. The van der Waals surface area contributed by atoms with E-state index in [-0.39, 0.29) is 71.4 Å². The number of anilines is 2. The summed E-state index contributed by atoms with van der Waals surface area (Å²) in [6, 6.07) is 15.4. The number of hydrogen-bond donors (Lipinski definition) is 3. The molecule has 6 rings (SSSR count). The number of aromatic nitrogens is 1. The number of urea groups is 1. The number of nitrogens with zero attached hydrogens (tertiary/aromatic N) is 5. The van der Waals surface area contributed by atoms with E-state index in [2.05, 4.69) is 15.6 Å². The largest absolute Gasteiger partial charge is 0.491 e. The summed E-state index contributed by atoms with van der Waals surface area (Å²) >= 11 is 1.55. The van der Waals surface area contributed by atoms with Crippen LogP contribution in [0.5, 0.6) is 5.75 Å². The molecule has 0 radical (unpaired) electrons. The molecule has 6 amide bonds. The number of rotatable bonds is 20. The van der Waals surface area contributed by atoms with Crippen LogP contribution >= 0.6 is 11.3 Å². The number of carbonyl (C=O) groups is 5. The molecule has 0 bridgehead atoms. The summed E-state index contributed by atoms with van der Waals surface area (Å²) in [5.74, 6) is -1.75. The molecule has 4 aromatic rings. The lowest BCUT2D eigenvalue weighted by atomic mass is 9.85.